The van der Waals surface area contributed by atoms with Crippen molar-refractivity contribution in [1.82, 2.24) is 5.32 Å². The summed E-state index contributed by atoms with van der Waals surface area (Å²) in [5, 5.41) is 3.00. The summed E-state index contributed by atoms with van der Waals surface area (Å²) in [6.07, 6.45) is 0. The fraction of sp³-hybridized carbons (Fsp3) is 1.00. The van der Waals surface area contributed by atoms with Crippen LogP contribution in [0.3, 0.4) is 0 Å². The first-order chi connectivity index (χ1) is 1.50. The Hall–Kier alpha value is 0.466. The van der Waals surface area contributed by atoms with Gasteiger partial charge in [0.25, 0.3) is 0 Å². The van der Waals surface area contributed by atoms with Crippen LogP contribution in [0, 0.1) is 0 Å². The van der Waals surface area contributed by atoms with E-state index in [-0.39, 0.29) is 16.8 Å². The van der Waals surface area contributed by atoms with E-state index in [1.54, 1.807) is 0 Å². The molecule has 0 aliphatic carbocycles. The topological polar surface area (TPSA) is 21.9 Å². The van der Waals surface area contributed by atoms with Crippen molar-refractivity contribution in [2.45, 2.75) is 0 Å². The van der Waals surface area contributed by atoms with Crippen LogP contribution in [0.15, 0.2) is 0 Å². The standard InChI is InChI=1S/C2H5N.Co/c1-2-3-1;/h3H,1-2H2;. The van der Waals surface area contributed by atoms with Crippen LogP contribution in [0.2, 0.25) is 0 Å². The van der Waals surface area contributed by atoms with Crippen molar-refractivity contribution >= 4 is 0 Å². The summed E-state index contributed by atoms with van der Waals surface area (Å²) in [4.78, 5) is 0. The summed E-state index contributed by atoms with van der Waals surface area (Å²) in [5.74, 6) is 0. The predicted octanol–water partition coefficient (Wildman–Crippen LogP) is -0.413. The van der Waals surface area contributed by atoms with E-state index in [1.807, 2.05) is 0 Å². The van der Waals surface area contributed by atoms with E-state index in [0.717, 1.165) is 0 Å². The van der Waals surface area contributed by atoms with Crippen LogP contribution in [0.25, 0.3) is 0 Å². The molecule has 0 aromatic heterocycles. The second kappa shape index (κ2) is 1.75. The van der Waals surface area contributed by atoms with Gasteiger partial charge in [0, 0.05) is 29.9 Å². The molecule has 1 aliphatic heterocycles. The van der Waals surface area contributed by atoms with Gasteiger partial charge in [-0.15, -0.1) is 0 Å². The van der Waals surface area contributed by atoms with E-state index in [1.165, 1.54) is 13.1 Å². The zero-order valence-electron chi connectivity index (χ0n) is 2.25. The second-order valence-corrected chi connectivity index (χ2v) is 0.750. The monoisotopic (exact) mass is 102 g/mol. The zero-order chi connectivity index (χ0) is 2.12. The molecule has 1 radical (unpaired) electrons. The Balaban J connectivity index is 0.0000000900. The van der Waals surface area contributed by atoms with Crippen LogP contribution in [0.1, 0.15) is 0 Å². The molecule has 1 N–H and O–H groups in total. The molecule has 0 aromatic rings. The number of rotatable bonds is 0. The van der Waals surface area contributed by atoms with Crippen LogP contribution in [-0.2, 0) is 16.8 Å². The minimum Gasteiger partial charge on any atom is -0.314 e. The minimum absolute atomic E-state index is 0. The van der Waals surface area contributed by atoms with Gasteiger partial charge in [0.2, 0.25) is 0 Å². The summed E-state index contributed by atoms with van der Waals surface area (Å²) in [7, 11) is 0. The molecule has 0 unspecified atom stereocenters. The van der Waals surface area contributed by atoms with Gasteiger partial charge >= 0.3 is 0 Å². The molecular formula is C2H5CoN. The molecule has 1 saturated heterocycles. The van der Waals surface area contributed by atoms with E-state index < -0.39 is 0 Å². The molecule has 1 fully saturated rings. The van der Waals surface area contributed by atoms with Gasteiger partial charge in [-0.1, -0.05) is 0 Å². The van der Waals surface area contributed by atoms with Gasteiger partial charge in [-0.3, -0.25) is 0 Å². The normalized spacial score (nSPS) is 18.0. The summed E-state index contributed by atoms with van der Waals surface area (Å²) >= 11 is 0. The summed E-state index contributed by atoms with van der Waals surface area (Å²) in [5.41, 5.74) is 0. The first kappa shape index (κ1) is 4.47. The van der Waals surface area contributed by atoms with Crippen LogP contribution >= 0.6 is 0 Å². The Bertz CT molecular complexity index is 10.8. The molecule has 0 bridgehead atoms. The number of hydrogen-bond donors (Lipinski definition) is 1. The summed E-state index contributed by atoms with van der Waals surface area (Å²) in [6.45, 7) is 2.50. The van der Waals surface area contributed by atoms with Crippen molar-refractivity contribution in [2.75, 3.05) is 13.1 Å². The van der Waals surface area contributed by atoms with E-state index in [9.17, 15) is 0 Å². The first-order valence-corrected chi connectivity index (χ1v) is 1.21. The maximum absolute atomic E-state index is 3.00. The molecule has 0 aromatic carbocycles. The van der Waals surface area contributed by atoms with Gasteiger partial charge in [0.05, 0.1) is 0 Å². The predicted molar refractivity (Wildman–Crippen MR) is 12.9 cm³/mol. The Kier molecular flexibility index (Phi) is 1.96. The Morgan fingerprint density at radius 1 is 1.25 bits per heavy atom. The summed E-state index contributed by atoms with van der Waals surface area (Å²) < 4.78 is 0. The average Bonchev–Trinajstić information content (AvgIpc) is 1.46. The van der Waals surface area contributed by atoms with E-state index in [2.05, 4.69) is 5.32 Å². The second-order valence-electron chi connectivity index (χ2n) is 0.750. The number of nitrogens with one attached hydrogen (secondary N) is 1. The Morgan fingerprint density at radius 2 is 1.50 bits per heavy atom. The third-order valence-corrected chi connectivity index (χ3v) is 0.250. The number of hydrogen-bond acceptors (Lipinski definition) is 1. The molecule has 0 spiro atoms. The van der Waals surface area contributed by atoms with Crippen molar-refractivity contribution in [2.24, 2.45) is 0 Å². The fourth-order valence-corrected chi connectivity index (χ4v) is 0. The van der Waals surface area contributed by atoms with Crippen molar-refractivity contribution in [3.63, 3.8) is 0 Å². The quantitative estimate of drug-likeness (QED) is 0.412. The zero-order valence-corrected chi connectivity index (χ0v) is 3.29. The average molecular weight is 102 g/mol. The summed E-state index contributed by atoms with van der Waals surface area (Å²) in [6, 6.07) is 0. The van der Waals surface area contributed by atoms with E-state index in [4.69, 9.17) is 0 Å². The van der Waals surface area contributed by atoms with Gasteiger partial charge in [-0.05, 0) is 0 Å². The van der Waals surface area contributed by atoms with Crippen molar-refractivity contribution in [3.8, 4) is 0 Å². The molecular weight excluding hydrogens is 97.0 g/mol. The smallest absolute Gasteiger partial charge is 0.00772 e. The fourth-order valence-electron chi connectivity index (χ4n) is 0. The molecule has 4 heavy (non-hydrogen) atoms. The van der Waals surface area contributed by atoms with Gasteiger partial charge in [-0.2, -0.15) is 0 Å². The first-order valence-electron chi connectivity index (χ1n) is 1.21. The van der Waals surface area contributed by atoms with Gasteiger partial charge < -0.3 is 5.32 Å². The molecule has 0 amide bonds. The molecule has 1 heterocycles. The Morgan fingerprint density at radius 3 is 1.50 bits per heavy atom. The van der Waals surface area contributed by atoms with Crippen LogP contribution in [0.4, 0.5) is 0 Å². The molecule has 1 nitrogen and oxygen atoms in total. The molecule has 1 aliphatic rings. The largest absolute Gasteiger partial charge is 0.314 e. The van der Waals surface area contributed by atoms with Crippen LogP contribution < -0.4 is 5.32 Å². The van der Waals surface area contributed by atoms with Gasteiger partial charge in [-0.25, -0.2) is 0 Å². The van der Waals surface area contributed by atoms with Crippen LogP contribution in [0.5, 0.6) is 0 Å². The van der Waals surface area contributed by atoms with Crippen molar-refractivity contribution in [3.05, 3.63) is 0 Å². The molecule has 27 valence electrons. The Labute approximate surface area is 36.0 Å². The van der Waals surface area contributed by atoms with Crippen LogP contribution in [-0.4, -0.2) is 13.1 Å². The molecule has 2 heteroatoms. The molecule has 0 atom stereocenters. The third kappa shape index (κ3) is 2.47. The maximum atomic E-state index is 3.00. The maximum Gasteiger partial charge on any atom is 0.00772 e. The SMILES string of the molecule is C1CN1.[Co]. The van der Waals surface area contributed by atoms with Gasteiger partial charge in [0.1, 0.15) is 0 Å². The van der Waals surface area contributed by atoms with Gasteiger partial charge in [0.15, 0.2) is 0 Å². The minimum atomic E-state index is 0. The van der Waals surface area contributed by atoms with Crippen molar-refractivity contribution in [1.29, 1.82) is 0 Å². The molecule has 1 rings (SSSR count). The molecule has 0 saturated carbocycles. The van der Waals surface area contributed by atoms with Crippen molar-refractivity contribution < 1.29 is 16.8 Å². The van der Waals surface area contributed by atoms with E-state index in [0.29, 0.717) is 0 Å². The third-order valence-electron chi connectivity index (χ3n) is 0.250. The van der Waals surface area contributed by atoms with E-state index >= 15 is 0 Å².